The van der Waals surface area contributed by atoms with Crippen molar-refractivity contribution in [2.24, 2.45) is 0 Å². The number of hydrogen-bond donors (Lipinski definition) is 0. The SMILES string of the molecule is C=C(c1ccc2ccccc2c1)c1cccc2c1/C(=C\C)C(=O)N(c1ccc3ccccc3c1)C2=O. The van der Waals surface area contributed by atoms with Crippen LogP contribution >= 0.6 is 0 Å². The maximum Gasteiger partial charge on any atom is 0.265 e. The first-order chi connectivity index (χ1) is 17.6. The summed E-state index contributed by atoms with van der Waals surface area (Å²) < 4.78 is 0. The molecule has 0 spiro atoms. The summed E-state index contributed by atoms with van der Waals surface area (Å²) in [6.45, 7) is 6.21. The van der Waals surface area contributed by atoms with Crippen molar-refractivity contribution in [1.82, 2.24) is 0 Å². The molecule has 0 saturated carbocycles. The summed E-state index contributed by atoms with van der Waals surface area (Å²) in [5, 5.41) is 4.29. The van der Waals surface area contributed by atoms with Crippen molar-refractivity contribution in [2.45, 2.75) is 6.92 Å². The van der Waals surface area contributed by atoms with E-state index in [0.717, 1.165) is 38.2 Å². The monoisotopic (exact) mass is 465 g/mol. The van der Waals surface area contributed by atoms with Crippen molar-refractivity contribution in [3.05, 3.63) is 138 Å². The average molecular weight is 466 g/mol. The number of hydrogen-bond acceptors (Lipinski definition) is 2. The summed E-state index contributed by atoms with van der Waals surface area (Å²) in [6.07, 6.45) is 1.79. The van der Waals surface area contributed by atoms with Gasteiger partial charge in [-0.3, -0.25) is 9.59 Å². The first kappa shape index (κ1) is 21.8. The molecular weight excluding hydrogens is 442 g/mol. The molecule has 0 saturated heterocycles. The molecule has 0 N–H and O–H groups in total. The number of benzene rings is 5. The summed E-state index contributed by atoms with van der Waals surface area (Å²) in [7, 11) is 0. The van der Waals surface area contributed by atoms with Gasteiger partial charge in [0.15, 0.2) is 0 Å². The second-order valence-electron chi connectivity index (χ2n) is 8.95. The highest BCUT2D eigenvalue weighted by molar-refractivity contribution is 6.41. The van der Waals surface area contributed by atoms with E-state index in [-0.39, 0.29) is 11.8 Å². The number of nitrogens with zero attached hydrogens (tertiary/aromatic N) is 1. The minimum atomic E-state index is -0.330. The van der Waals surface area contributed by atoms with Crippen LogP contribution in [0.25, 0.3) is 32.7 Å². The van der Waals surface area contributed by atoms with Crippen LogP contribution in [0.4, 0.5) is 5.69 Å². The molecule has 2 amide bonds. The molecule has 36 heavy (non-hydrogen) atoms. The van der Waals surface area contributed by atoms with Crippen LogP contribution in [0.3, 0.4) is 0 Å². The predicted octanol–water partition coefficient (Wildman–Crippen LogP) is 7.64. The van der Waals surface area contributed by atoms with Crippen molar-refractivity contribution in [3.8, 4) is 0 Å². The van der Waals surface area contributed by atoms with E-state index in [0.29, 0.717) is 22.4 Å². The third-order valence-electron chi connectivity index (χ3n) is 6.90. The van der Waals surface area contributed by atoms with E-state index in [9.17, 15) is 9.59 Å². The molecule has 5 aromatic carbocycles. The molecule has 0 bridgehead atoms. The van der Waals surface area contributed by atoms with Crippen LogP contribution in [0.1, 0.15) is 34.0 Å². The number of anilines is 1. The normalized spacial score (nSPS) is 14.5. The van der Waals surface area contributed by atoms with Gasteiger partial charge in [-0.1, -0.05) is 91.5 Å². The highest BCUT2D eigenvalue weighted by Gasteiger charge is 2.37. The Morgan fingerprint density at radius 1 is 0.694 bits per heavy atom. The van der Waals surface area contributed by atoms with Crippen LogP contribution < -0.4 is 4.90 Å². The molecule has 5 aromatic rings. The lowest BCUT2D eigenvalue weighted by Crippen LogP contribution is -2.42. The predicted molar refractivity (Wildman–Crippen MR) is 148 cm³/mol. The lowest BCUT2D eigenvalue weighted by Gasteiger charge is -2.30. The van der Waals surface area contributed by atoms with Gasteiger partial charge in [0, 0.05) is 16.7 Å². The molecule has 172 valence electrons. The number of amides is 2. The summed E-state index contributed by atoms with van der Waals surface area (Å²) in [5.74, 6) is -0.659. The second-order valence-corrected chi connectivity index (χ2v) is 8.95. The average Bonchev–Trinajstić information content (AvgIpc) is 2.92. The Morgan fingerprint density at radius 2 is 1.33 bits per heavy atom. The zero-order valence-corrected chi connectivity index (χ0v) is 19.9. The molecule has 3 nitrogen and oxygen atoms in total. The lowest BCUT2D eigenvalue weighted by atomic mass is 9.84. The highest BCUT2D eigenvalue weighted by atomic mass is 16.2. The Balaban J connectivity index is 1.48. The van der Waals surface area contributed by atoms with Crippen molar-refractivity contribution in [2.75, 3.05) is 4.90 Å². The number of fused-ring (bicyclic) bond motifs is 3. The van der Waals surface area contributed by atoms with E-state index in [1.54, 1.807) is 12.1 Å². The molecule has 0 fully saturated rings. The minimum absolute atomic E-state index is 0.330. The molecule has 3 heteroatoms. The first-order valence-electron chi connectivity index (χ1n) is 11.9. The van der Waals surface area contributed by atoms with Crippen LogP contribution in [-0.2, 0) is 4.79 Å². The van der Waals surface area contributed by atoms with Crippen LogP contribution in [0.15, 0.2) is 116 Å². The number of carbonyl (C=O) groups excluding carboxylic acids is 2. The Kier molecular flexibility index (Phi) is 5.12. The first-order valence-corrected chi connectivity index (χ1v) is 11.9. The van der Waals surface area contributed by atoms with Gasteiger partial charge in [-0.2, -0.15) is 0 Å². The molecule has 0 unspecified atom stereocenters. The van der Waals surface area contributed by atoms with E-state index in [4.69, 9.17) is 0 Å². The second kappa shape index (κ2) is 8.47. The number of rotatable bonds is 3. The van der Waals surface area contributed by atoms with Crippen LogP contribution in [0.5, 0.6) is 0 Å². The van der Waals surface area contributed by atoms with Crippen molar-refractivity contribution < 1.29 is 9.59 Å². The topological polar surface area (TPSA) is 37.4 Å². The molecule has 0 radical (unpaired) electrons. The number of allylic oxidation sites excluding steroid dienone is 1. The smallest absolute Gasteiger partial charge is 0.265 e. The molecule has 6 rings (SSSR count). The Labute approximate surface area is 209 Å². The molecular formula is C33H23NO2. The Hall–Kier alpha value is -4.76. The number of imide groups is 1. The Morgan fingerprint density at radius 3 is 2.03 bits per heavy atom. The quantitative estimate of drug-likeness (QED) is 0.203. The Bertz CT molecular complexity index is 1760. The summed E-state index contributed by atoms with van der Waals surface area (Å²) in [6, 6.07) is 33.5. The zero-order valence-electron chi connectivity index (χ0n) is 19.9. The fraction of sp³-hybridized carbons (Fsp3) is 0.0303. The molecule has 1 aliphatic rings. The van der Waals surface area contributed by atoms with Gasteiger partial charge in [0.2, 0.25) is 0 Å². The molecule has 0 atom stereocenters. The van der Waals surface area contributed by atoms with E-state index in [1.807, 2.05) is 79.7 Å². The maximum atomic E-state index is 13.8. The maximum absolute atomic E-state index is 13.8. The van der Waals surface area contributed by atoms with Crippen molar-refractivity contribution in [1.29, 1.82) is 0 Å². The van der Waals surface area contributed by atoms with Gasteiger partial charge in [0.1, 0.15) is 0 Å². The summed E-state index contributed by atoms with van der Waals surface area (Å²) >= 11 is 0. The zero-order chi connectivity index (χ0) is 24.8. The molecule has 0 aromatic heterocycles. The fourth-order valence-corrected chi connectivity index (χ4v) is 5.06. The third-order valence-corrected chi connectivity index (χ3v) is 6.90. The highest BCUT2D eigenvalue weighted by Crippen LogP contribution is 2.39. The number of carbonyl (C=O) groups is 2. The van der Waals surface area contributed by atoms with Crippen LogP contribution in [0, 0.1) is 0 Å². The fourth-order valence-electron chi connectivity index (χ4n) is 5.06. The van der Waals surface area contributed by atoms with E-state index in [2.05, 4.69) is 30.8 Å². The molecule has 1 heterocycles. The molecule has 1 aliphatic heterocycles. The van der Waals surface area contributed by atoms with E-state index < -0.39 is 0 Å². The van der Waals surface area contributed by atoms with Gasteiger partial charge in [0.05, 0.1) is 5.69 Å². The minimum Gasteiger partial charge on any atom is -0.268 e. The standard InChI is InChI=1S/C33H23NO2/c1-3-28-31-29(21(2)24-16-15-22-9-4-6-11-25(22)19-24)13-8-14-30(31)33(36)34(32(28)35)27-18-17-23-10-5-7-12-26(23)20-27/h3-20H,2H2,1H3/b28-3+. The van der Waals surface area contributed by atoms with Gasteiger partial charge in [0.25, 0.3) is 11.8 Å². The van der Waals surface area contributed by atoms with Crippen molar-refractivity contribution >= 4 is 50.2 Å². The van der Waals surface area contributed by atoms with Gasteiger partial charge in [-0.15, -0.1) is 0 Å². The summed E-state index contributed by atoms with van der Waals surface area (Å²) in [4.78, 5) is 28.8. The molecule has 0 aliphatic carbocycles. The summed E-state index contributed by atoms with van der Waals surface area (Å²) in [5.41, 5.74) is 4.71. The van der Waals surface area contributed by atoms with Crippen molar-refractivity contribution in [3.63, 3.8) is 0 Å². The van der Waals surface area contributed by atoms with Gasteiger partial charge in [-0.05, 0) is 69.4 Å². The lowest BCUT2D eigenvalue weighted by molar-refractivity contribution is -0.112. The van der Waals surface area contributed by atoms with Crippen LogP contribution in [0.2, 0.25) is 0 Å². The third kappa shape index (κ3) is 3.37. The van der Waals surface area contributed by atoms with Gasteiger partial charge in [-0.25, -0.2) is 4.90 Å². The largest absolute Gasteiger partial charge is 0.268 e. The van der Waals surface area contributed by atoms with Gasteiger partial charge >= 0.3 is 0 Å². The van der Waals surface area contributed by atoms with Crippen LogP contribution in [-0.4, -0.2) is 11.8 Å². The van der Waals surface area contributed by atoms with Gasteiger partial charge < -0.3 is 0 Å². The van der Waals surface area contributed by atoms with E-state index in [1.165, 1.54) is 4.90 Å². The van der Waals surface area contributed by atoms with E-state index >= 15 is 0 Å².